The molecule has 2 fully saturated rings. The number of nitrogens with zero attached hydrogens (tertiary/aromatic N) is 2. The van der Waals surface area contributed by atoms with Crippen molar-refractivity contribution >= 4 is 26.7 Å². The molecule has 4 rings (SSSR count). The van der Waals surface area contributed by atoms with Crippen molar-refractivity contribution in [2.75, 3.05) is 39.3 Å². The number of hydrogen-bond acceptors (Lipinski definition) is 4. The first-order valence-corrected chi connectivity index (χ1v) is 9.98. The Labute approximate surface area is 147 Å². The fourth-order valence-corrected chi connectivity index (χ4v) is 4.81. The molecule has 0 aromatic heterocycles. The van der Waals surface area contributed by atoms with Crippen LogP contribution in [0, 0.1) is 5.92 Å². The molecule has 2 heterocycles. The number of nitrogens with one attached hydrogen (secondary N) is 1. The maximum Gasteiger partial charge on any atom is 0.243 e. The summed E-state index contributed by atoms with van der Waals surface area (Å²) in [5, 5.41) is 5.03. The third kappa shape index (κ3) is 3.03. The number of amides is 1. The molecule has 2 aliphatic heterocycles. The quantitative estimate of drug-likeness (QED) is 0.884. The number of sulfonamides is 1. The second kappa shape index (κ2) is 6.40. The van der Waals surface area contributed by atoms with E-state index in [2.05, 4.69) is 5.32 Å². The van der Waals surface area contributed by atoms with Crippen molar-refractivity contribution in [2.24, 2.45) is 5.92 Å². The van der Waals surface area contributed by atoms with E-state index in [9.17, 15) is 13.2 Å². The van der Waals surface area contributed by atoms with Crippen molar-refractivity contribution in [1.82, 2.24) is 14.5 Å². The van der Waals surface area contributed by atoms with E-state index in [1.54, 1.807) is 17.0 Å². The minimum atomic E-state index is -3.53. The Balaban J connectivity index is 1.49. The number of fused-ring (bicyclic) bond motifs is 1. The summed E-state index contributed by atoms with van der Waals surface area (Å²) in [6.45, 7) is 3.08. The lowest BCUT2D eigenvalue weighted by Crippen LogP contribution is -2.57. The summed E-state index contributed by atoms with van der Waals surface area (Å²) in [5.41, 5.74) is 0. The van der Waals surface area contributed by atoms with Gasteiger partial charge >= 0.3 is 0 Å². The standard InChI is InChI=1S/C18H21N3O3S/c22-18(16-12-19-13-16)20-7-9-21(10-8-20)25(23,24)17-6-5-14-3-1-2-4-15(14)11-17/h1-6,11,16,19H,7-10,12-13H2. The molecule has 7 heteroatoms. The number of benzene rings is 2. The Morgan fingerprint density at radius 2 is 1.64 bits per heavy atom. The van der Waals surface area contributed by atoms with Crippen molar-refractivity contribution in [3.05, 3.63) is 42.5 Å². The van der Waals surface area contributed by atoms with Gasteiger partial charge in [0.25, 0.3) is 0 Å². The zero-order valence-corrected chi connectivity index (χ0v) is 14.7. The van der Waals surface area contributed by atoms with E-state index >= 15 is 0 Å². The second-order valence-corrected chi connectivity index (χ2v) is 8.53. The molecule has 132 valence electrons. The molecule has 0 spiro atoms. The molecular weight excluding hydrogens is 338 g/mol. The van der Waals surface area contributed by atoms with Crippen LogP contribution in [-0.4, -0.2) is 62.8 Å². The molecule has 0 saturated carbocycles. The molecule has 2 aliphatic rings. The first kappa shape index (κ1) is 16.5. The van der Waals surface area contributed by atoms with Crippen LogP contribution >= 0.6 is 0 Å². The van der Waals surface area contributed by atoms with Gasteiger partial charge in [-0.05, 0) is 22.9 Å². The fourth-order valence-electron chi connectivity index (χ4n) is 3.35. The fraction of sp³-hybridized carbons (Fsp3) is 0.389. The third-order valence-corrected chi connectivity index (χ3v) is 6.93. The molecule has 0 aliphatic carbocycles. The molecule has 2 aromatic carbocycles. The van der Waals surface area contributed by atoms with E-state index in [0.29, 0.717) is 31.1 Å². The average molecular weight is 359 g/mol. The Morgan fingerprint density at radius 1 is 0.960 bits per heavy atom. The van der Waals surface area contributed by atoms with E-state index in [0.717, 1.165) is 23.9 Å². The van der Waals surface area contributed by atoms with Gasteiger partial charge in [0.1, 0.15) is 0 Å². The number of piperazine rings is 1. The van der Waals surface area contributed by atoms with E-state index in [1.165, 1.54) is 4.31 Å². The highest BCUT2D eigenvalue weighted by Crippen LogP contribution is 2.23. The molecule has 0 unspecified atom stereocenters. The molecule has 2 aromatic rings. The van der Waals surface area contributed by atoms with E-state index in [4.69, 9.17) is 0 Å². The molecule has 0 radical (unpaired) electrons. The predicted octanol–water partition coefficient (Wildman–Crippen LogP) is 0.892. The first-order chi connectivity index (χ1) is 12.1. The number of hydrogen-bond donors (Lipinski definition) is 1. The number of carbonyl (C=O) groups is 1. The van der Waals surface area contributed by atoms with Crippen molar-refractivity contribution < 1.29 is 13.2 Å². The van der Waals surface area contributed by atoms with Crippen LogP contribution < -0.4 is 5.32 Å². The van der Waals surface area contributed by atoms with Gasteiger partial charge in [-0.15, -0.1) is 0 Å². The molecule has 6 nitrogen and oxygen atoms in total. The minimum Gasteiger partial charge on any atom is -0.340 e. The lowest BCUT2D eigenvalue weighted by molar-refractivity contribution is -0.138. The molecular formula is C18H21N3O3S. The molecule has 2 saturated heterocycles. The molecule has 0 atom stereocenters. The molecule has 1 amide bonds. The van der Waals surface area contributed by atoms with Crippen molar-refractivity contribution in [3.8, 4) is 0 Å². The summed E-state index contributed by atoms with van der Waals surface area (Å²) in [6.07, 6.45) is 0. The number of carbonyl (C=O) groups excluding carboxylic acids is 1. The van der Waals surface area contributed by atoms with Gasteiger partial charge in [0.05, 0.1) is 10.8 Å². The first-order valence-electron chi connectivity index (χ1n) is 8.54. The highest BCUT2D eigenvalue weighted by Gasteiger charge is 2.34. The lowest BCUT2D eigenvalue weighted by atomic mass is 10.0. The van der Waals surface area contributed by atoms with Crippen LogP contribution in [0.25, 0.3) is 10.8 Å². The highest BCUT2D eigenvalue weighted by molar-refractivity contribution is 7.89. The predicted molar refractivity (Wildman–Crippen MR) is 95.6 cm³/mol. The van der Waals surface area contributed by atoms with Gasteiger partial charge in [0, 0.05) is 39.3 Å². The molecule has 0 bridgehead atoms. The van der Waals surface area contributed by atoms with Crippen LogP contribution in [0.5, 0.6) is 0 Å². The van der Waals surface area contributed by atoms with Crippen LogP contribution in [0.4, 0.5) is 0 Å². The average Bonchev–Trinajstić information content (AvgIpc) is 2.60. The van der Waals surface area contributed by atoms with Crippen LogP contribution in [0.2, 0.25) is 0 Å². The van der Waals surface area contributed by atoms with Crippen LogP contribution in [0.3, 0.4) is 0 Å². The van der Waals surface area contributed by atoms with Crippen molar-refractivity contribution in [3.63, 3.8) is 0 Å². The monoisotopic (exact) mass is 359 g/mol. The molecule has 1 N–H and O–H groups in total. The van der Waals surface area contributed by atoms with Gasteiger partial charge in [-0.2, -0.15) is 4.31 Å². The summed E-state index contributed by atoms with van der Waals surface area (Å²) < 4.78 is 27.3. The Kier molecular flexibility index (Phi) is 4.23. The van der Waals surface area contributed by atoms with Crippen LogP contribution in [0.1, 0.15) is 0 Å². The largest absolute Gasteiger partial charge is 0.340 e. The Bertz CT molecular complexity index is 901. The highest BCUT2D eigenvalue weighted by atomic mass is 32.2. The lowest BCUT2D eigenvalue weighted by Gasteiger charge is -2.38. The summed E-state index contributed by atoms with van der Waals surface area (Å²) in [7, 11) is -3.53. The third-order valence-electron chi connectivity index (χ3n) is 5.04. The summed E-state index contributed by atoms with van der Waals surface area (Å²) in [5.74, 6) is 0.199. The van der Waals surface area contributed by atoms with E-state index in [-0.39, 0.29) is 11.8 Å². The van der Waals surface area contributed by atoms with Crippen molar-refractivity contribution in [1.29, 1.82) is 0 Å². The zero-order valence-electron chi connectivity index (χ0n) is 13.9. The van der Waals surface area contributed by atoms with Crippen LogP contribution in [-0.2, 0) is 14.8 Å². The van der Waals surface area contributed by atoms with Gasteiger partial charge in [-0.25, -0.2) is 8.42 Å². The summed E-state index contributed by atoms with van der Waals surface area (Å²) in [6, 6.07) is 12.9. The summed E-state index contributed by atoms with van der Waals surface area (Å²) >= 11 is 0. The Hall–Kier alpha value is -1.96. The number of rotatable bonds is 3. The summed E-state index contributed by atoms with van der Waals surface area (Å²) in [4.78, 5) is 14.4. The topological polar surface area (TPSA) is 69.7 Å². The van der Waals surface area contributed by atoms with Gasteiger partial charge in [-0.3, -0.25) is 4.79 Å². The van der Waals surface area contributed by atoms with Gasteiger partial charge in [0.2, 0.25) is 15.9 Å². The van der Waals surface area contributed by atoms with Gasteiger partial charge in [0.15, 0.2) is 0 Å². The molecule has 25 heavy (non-hydrogen) atoms. The SMILES string of the molecule is O=C(C1CNC1)N1CCN(S(=O)(=O)c2ccc3ccccc3c2)CC1. The normalized spacial score (nSPS) is 19.8. The zero-order chi connectivity index (χ0) is 17.4. The van der Waals surface area contributed by atoms with Gasteiger partial charge < -0.3 is 10.2 Å². The minimum absolute atomic E-state index is 0.0589. The van der Waals surface area contributed by atoms with E-state index < -0.39 is 10.0 Å². The van der Waals surface area contributed by atoms with Crippen molar-refractivity contribution in [2.45, 2.75) is 4.90 Å². The Morgan fingerprint density at radius 3 is 2.28 bits per heavy atom. The van der Waals surface area contributed by atoms with Crippen LogP contribution in [0.15, 0.2) is 47.4 Å². The smallest absolute Gasteiger partial charge is 0.243 e. The second-order valence-electron chi connectivity index (χ2n) is 6.59. The maximum atomic E-state index is 12.9. The maximum absolute atomic E-state index is 12.9. The van der Waals surface area contributed by atoms with Gasteiger partial charge in [-0.1, -0.05) is 30.3 Å². The van der Waals surface area contributed by atoms with E-state index in [1.807, 2.05) is 30.3 Å².